The summed E-state index contributed by atoms with van der Waals surface area (Å²) < 4.78 is 38.9. The lowest BCUT2D eigenvalue weighted by molar-refractivity contribution is -0.100. The molecule has 29 heavy (non-hydrogen) atoms. The van der Waals surface area contributed by atoms with E-state index in [0.29, 0.717) is 51.5 Å². The van der Waals surface area contributed by atoms with Crippen LogP contribution in [0.4, 0.5) is 0 Å². The molecule has 0 aliphatic carbocycles. The largest absolute Gasteiger partial charge is 0.348 e. The Balaban J connectivity index is 1.55. The molecule has 3 fully saturated rings. The smallest absolute Gasteiger partial charge is 0.254 e. The Morgan fingerprint density at radius 1 is 1.03 bits per heavy atom. The van der Waals surface area contributed by atoms with E-state index in [1.54, 1.807) is 23.1 Å². The van der Waals surface area contributed by atoms with Gasteiger partial charge in [-0.2, -0.15) is 4.31 Å². The molecule has 0 saturated carbocycles. The second kappa shape index (κ2) is 8.69. The lowest BCUT2D eigenvalue weighted by Crippen LogP contribution is -2.50. The highest BCUT2D eigenvalue weighted by molar-refractivity contribution is 7.89. The van der Waals surface area contributed by atoms with Crippen LogP contribution in [0.15, 0.2) is 29.2 Å². The van der Waals surface area contributed by atoms with Crippen molar-refractivity contribution in [3.63, 3.8) is 0 Å². The number of benzene rings is 1. The predicted octanol–water partition coefficient (Wildman–Crippen LogP) is 0.990. The molecule has 0 radical (unpaired) electrons. The van der Waals surface area contributed by atoms with Crippen LogP contribution in [0.2, 0.25) is 0 Å². The van der Waals surface area contributed by atoms with Crippen LogP contribution in [-0.2, 0) is 19.5 Å². The van der Waals surface area contributed by atoms with E-state index in [-0.39, 0.29) is 16.8 Å². The molecule has 1 aromatic rings. The number of hydrogen-bond acceptors (Lipinski definition) is 6. The van der Waals surface area contributed by atoms with Crippen molar-refractivity contribution in [2.75, 3.05) is 53.0 Å². The molecule has 4 rings (SSSR count). The fourth-order valence-electron chi connectivity index (χ4n) is 4.22. The van der Waals surface area contributed by atoms with Crippen molar-refractivity contribution in [2.24, 2.45) is 0 Å². The fraction of sp³-hybridized carbons (Fsp3) is 0.650. The van der Waals surface area contributed by atoms with Gasteiger partial charge in [0, 0.05) is 38.3 Å². The van der Waals surface area contributed by atoms with Gasteiger partial charge in [0.25, 0.3) is 5.91 Å². The van der Waals surface area contributed by atoms with Crippen LogP contribution in [0.5, 0.6) is 0 Å². The number of likely N-dealkylation sites (N-methyl/N-ethyl adjacent to an activating group) is 1. The summed E-state index contributed by atoms with van der Waals surface area (Å²) >= 11 is 0. The molecular weight excluding hydrogens is 394 g/mol. The van der Waals surface area contributed by atoms with Crippen LogP contribution in [0.3, 0.4) is 0 Å². The molecule has 3 aliphatic heterocycles. The lowest BCUT2D eigenvalue weighted by Gasteiger charge is -2.38. The Kier molecular flexibility index (Phi) is 6.21. The Hall–Kier alpha value is -1.52. The molecule has 8 nitrogen and oxygen atoms in total. The maximum atomic E-state index is 13.3. The zero-order chi connectivity index (χ0) is 20.4. The SMILES string of the molecule is CN1CCN(S(=O)(=O)c2cccc(C(=O)N3CCCCC3C3OCCO3)c2)CC1. The van der Waals surface area contributed by atoms with Gasteiger partial charge in [0.15, 0.2) is 6.29 Å². The van der Waals surface area contributed by atoms with Crippen molar-refractivity contribution in [3.05, 3.63) is 29.8 Å². The first-order chi connectivity index (χ1) is 14.0. The van der Waals surface area contributed by atoms with E-state index < -0.39 is 16.3 Å². The minimum Gasteiger partial charge on any atom is -0.348 e. The van der Waals surface area contributed by atoms with Gasteiger partial charge in [0.1, 0.15) is 0 Å². The van der Waals surface area contributed by atoms with Gasteiger partial charge in [-0.3, -0.25) is 4.79 Å². The molecule has 1 amide bonds. The molecule has 0 spiro atoms. The number of amides is 1. The normalized spacial score (nSPS) is 25.4. The van der Waals surface area contributed by atoms with E-state index in [1.165, 1.54) is 10.4 Å². The third kappa shape index (κ3) is 4.34. The Morgan fingerprint density at radius 2 is 1.76 bits per heavy atom. The van der Waals surface area contributed by atoms with Crippen LogP contribution in [-0.4, -0.2) is 93.7 Å². The summed E-state index contributed by atoms with van der Waals surface area (Å²) in [5.41, 5.74) is 0.394. The summed E-state index contributed by atoms with van der Waals surface area (Å²) in [4.78, 5) is 17.3. The summed E-state index contributed by atoms with van der Waals surface area (Å²) in [6.07, 6.45) is 2.39. The van der Waals surface area contributed by atoms with Gasteiger partial charge in [0.05, 0.1) is 24.2 Å². The molecule has 0 bridgehead atoms. The van der Waals surface area contributed by atoms with E-state index in [1.807, 2.05) is 7.05 Å². The Morgan fingerprint density at radius 3 is 2.48 bits per heavy atom. The third-order valence-corrected chi connectivity index (χ3v) is 7.85. The second-order valence-corrected chi connectivity index (χ2v) is 9.84. The molecule has 3 heterocycles. The van der Waals surface area contributed by atoms with Gasteiger partial charge < -0.3 is 19.3 Å². The average Bonchev–Trinajstić information content (AvgIpc) is 3.28. The minimum atomic E-state index is -3.61. The first kappa shape index (κ1) is 20.7. The number of piperazine rings is 1. The summed E-state index contributed by atoms with van der Waals surface area (Å²) in [5.74, 6) is -0.163. The van der Waals surface area contributed by atoms with Gasteiger partial charge in [-0.25, -0.2) is 8.42 Å². The standard InChI is InChI=1S/C20H29N3O5S/c1-21-9-11-22(12-10-21)29(25,26)17-6-4-5-16(15-17)19(24)23-8-3-2-7-18(23)20-27-13-14-28-20/h4-6,15,18,20H,2-3,7-14H2,1H3. The quantitative estimate of drug-likeness (QED) is 0.719. The van der Waals surface area contributed by atoms with Gasteiger partial charge in [-0.15, -0.1) is 0 Å². The fourth-order valence-corrected chi connectivity index (χ4v) is 5.69. The molecule has 3 saturated heterocycles. The van der Waals surface area contributed by atoms with E-state index in [0.717, 1.165) is 19.3 Å². The molecule has 0 aromatic heterocycles. The molecule has 160 valence electrons. The lowest BCUT2D eigenvalue weighted by atomic mass is 10.00. The van der Waals surface area contributed by atoms with Crippen molar-refractivity contribution in [2.45, 2.75) is 36.5 Å². The van der Waals surface area contributed by atoms with Gasteiger partial charge in [-0.1, -0.05) is 6.07 Å². The van der Waals surface area contributed by atoms with E-state index in [2.05, 4.69) is 4.90 Å². The second-order valence-electron chi connectivity index (χ2n) is 7.91. The molecular formula is C20H29N3O5S. The summed E-state index contributed by atoms with van der Waals surface area (Å²) in [7, 11) is -1.63. The van der Waals surface area contributed by atoms with Crippen LogP contribution in [0, 0.1) is 0 Å². The number of carbonyl (C=O) groups excluding carboxylic acids is 1. The van der Waals surface area contributed by atoms with E-state index in [9.17, 15) is 13.2 Å². The number of piperidine rings is 1. The number of likely N-dealkylation sites (tertiary alicyclic amines) is 1. The number of sulfonamides is 1. The highest BCUT2D eigenvalue weighted by atomic mass is 32.2. The number of hydrogen-bond donors (Lipinski definition) is 0. The Bertz CT molecular complexity index is 832. The highest BCUT2D eigenvalue weighted by Gasteiger charge is 2.37. The van der Waals surface area contributed by atoms with Gasteiger partial charge in [0.2, 0.25) is 10.0 Å². The van der Waals surface area contributed by atoms with Crippen molar-refractivity contribution >= 4 is 15.9 Å². The Labute approximate surface area is 172 Å². The van der Waals surface area contributed by atoms with Crippen LogP contribution in [0.1, 0.15) is 29.6 Å². The first-order valence-corrected chi connectivity index (χ1v) is 11.7. The maximum Gasteiger partial charge on any atom is 0.254 e. The molecule has 1 unspecified atom stereocenters. The monoisotopic (exact) mass is 423 g/mol. The van der Waals surface area contributed by atoms with Crippen LogP contribution in [0.25, 0.3) is 0 Å². The zero-order valence-electron chi connectivity index (χ0n) is 16.8. The predicted molar refractivity (Wildman–Crippen MR) is 107 cm³/mol. The minimum absolute atomic E-state index is 0.128. The number of carbonyl (C=O) groups is 1. The topological polar surface area (TPSA) is 79.4 Å². The highest BCUT2D eigenvalue weighted by Crippen LogP contribution is 2.27. The summed E-state index contributed by atoms with van der Waals surface area (Å²) in [6, 6.07) is 6.29. The number of nitrogens with zero attached hydrogens (tertiary/aromatic N) is 3. The van der Waals surface area contributed by atoms with Crippen molar-refractivity contribution in [1.82, 2.24) is 14.1 Å². The van der Waals surface area contributed by atoms with Crippen molar-refractivity contribution in [1.29, 1.82) is 0 Å². The van der Waals surface area contributed by atoms with E-state index in [4.69, 9.17) is 9.47 Å². The van der Waals surface area contributed by atoms with Crippen molar-refractivity contribution in [3.8, 4) is 0 Å². The van der Waals surface area contributed by atoms with Crippen LogP contribution < -0.4 is 0 Å². The van der Waals surface area contributed by atoms with Gasteiger partial charge in [-0.05, 0) is 44.5 Å². The van der Waals surface area contributed by atoms with E-state index >= 15 is 0 Å². The summed E-state index contributed by atoms with van der Waals surface area (Å²) in [6.45, 7) is 4.04. The average molecular weight is 424 g/mol. The maximum absolute atomic E-state index is 13.3. The zero-order valence-corrected chi connectivity index (χ0v) is 17.6. The molecule has 3 aliphatic rings. The number of ether oxygens (including phenoxy) is 2. The van der Waals surface area contributed by atoms with Crippen molar-refractivity contribution < 1.29 is 22.7 Å². The first-order valence-electron chi connectivity index (χ1n) is 10.3. The van der Waals surface area contributed by atoms with Gasteiger partial charge >= 0.3 is 0 Å². The molecule has 1 aromatic carbocycles. The molecule has 9 heteroatoms. The third-order valence-electron chi connectivity index (χ3n) is 5.95. The van der Waals surface area contributed by atoms with Crippen LogP contribution >= 0.6 is 0 Å². The summed E-state index contributed by atoms with van der Waals surface area (Å²) in [5, 5.41) is 0. The molecule has 0 N–H and O–H groups in total. The molecule has 1 atom stereocenters. The number of rotatable bonds is 4.